The average molecular weight is 266 g/mol. The van der Waals surface area contributed by atoms with E-state index in [0.29, 0.717) is 11.5 Å². The van der Waals surface area contributed by atoms with Crippen molar-refractivity contribution >= 4 is 23.5 Å². The summed E-state index contributed by atoms with van der Waals surface area (Å²) in [5.41, 5.74) is -0.393. The highest BCUT2D eigenvalue weighted by molar-refractivity contribution is 7.08. The molecule has 18 heavy (non-hydrogen) atoms. The Morgan fingerprint density at radius 3 is 2.67 bits per heavy atom. The number of carbonyl (C=O) groups is 2. The lowest BCUT2D eigenvalue weighted by Crippen LogP contribution is -2.13. The van der Waals surface area contributed by atoms with Gasteiger partial charge in [-0.1, -0.05) is 16.6 Å². The molecule has 0 saturated carbocycles. The monoisotopic (exact) mass is 266 g/mol. The van der Waals surface area contributed by atoms with Crippen LogP contribution in [0.5, 0.6) is 11.5 Å². The highest BCUT2D eigenvalue weighted by Gasteiger charge is 2.24. The fourth-order valence-electron chi connectivity index (χ4n) is 1.16. The van der Waals surface area contributed by atoms with Crippen molar-refractivity contribution in [2.75, 3.05) is 0 Å². The number of aromatic hydroxyl groups is 1. The number of aromatic carboxylic acids is 1. The number of nitrogens with zero attached hydrogens (tertiary/aromatic N) is 2. The van der Waals surface area contributed by atoms with Crippen LogP contribution < -0.4 is 4.74 Å². The Labute approximate surface area is 104 Å². The number of carbonyl (C=O) groups excluding carboxylic acids is 1. The van der Waals surface area contributed by atoms with Crippen LogP contribution >= 0.6 is 11.5 Å². The summed E-state index contributed by atoms with van der Waals surface area (Å²) in [5.74, 6) is -2.60. The average Bonchev–Trinajstić information content (AvgIpc) is 2.81. The van der Waals surface area contributed by atoms with Crippen LogP contribution in [-0.2, 0) is 0 Å². The van der Waals surface area contributed by atoms with Gasteiger partial charge in [-0.15, -0.1) is 5.10 Å². The predicted octanol–water partition coefficient (Wildman–Crippen LogP) is 1.16. The van der Waals surface area contributed by atoms with Crippen LogP contribution in [0.1, 0.15) is 20.2 Å². The van der Waals surface area contributed by atoms with Gasteiger partial charge in [-0.3, -0.25) is 0 Å². The van der Waals surface area contributed by atoms with Crippen LogP contribution in [0.25, 0.3) is 0 Å². The second-order valence-corrected chi connectivity index (χ2v) is 3.87. The van der Waals surface area contributed by atoms with Crippen molar-refractivity contribution in [2.24, 2.45) is 0 Å². The summed E-state index contributed by atoms with van der Waals surface area (Å²) in [7, 11) is 0. The molecule has 0 aliphatic carbocycles. The molecule has 7 nitrogen and oxygen atoms in total. The molecule has 0 amide bonds. The summed E-state index contributed by atoms with van der Waals surface area (Å²) in [6.45, 7) is 0. The number of hydrogen-bond donors (Lipinski definition) is 2. The molecule has 92 valence electrons. The summed E-state index contributed by atoms with van der Waals surface area (Å²) in [6.07, 6.45) is 0. The Hall–Kier alpha value is -2.48. The van der Waals surface area contributed by atoms with E-state index < -0.39 is 17.6 Å². The normalized spacial score (nSPS) is 10.0. The fourth-order valence-corrected chi connectivity index (χ4v) is 1.65. The molecule has 1 aromatic carbocycles. The molecule has 8 heteroatoms. The van der Waals surface area contributed by atoms with Crippen molar-refractivity contribution in [3.63, 3.8) is 0 Å². The van der Waals surface area contributed by atoms with E-state index in [9.17, 15) is 14.7 Å². The van der Waals surface area contributed by atoms with Gasteiger partial charge in [0.25, 0.3) is 0 Å². The molecule has 2 N–H and O–H groups in total. The van der Waals surface area contributed by atoms with Gasteiger partial charge in [0.2, 0.25) is 0 Å². The first kappa shape index (κ1) is 12.0. The third-order valence-electron chi connectivity index (χ3n) is 1.94. The third kappa shape index (κ3) is 2.28. The molecular weight excluding hydrogens is 260 g/mol. The summed E-state index contributed by atoms with van der Waals surface area (Å²) < 4.78 is 8.21. The van der Waals surface area contributed by atoms with E-state index in [4.69, 9.17) is 9.84 Å². The van der Waals surface area contributed by atoms with Crippen LogP contribution in [0, 0.1) is 0 Å². The molecule has 0 unspecified atom stereocenters. The Bertz CT molecular complexity index is 610. The topological polar surface area (TPSA) is 110 Å². The SMILES string of the molecule is O=C(Oc1ccccc1O)c1nnsc1C(=O)O. The lowest BCUT2D eigenvalue weighted by molar-refractivity contribution is 0.0668. The molecule has 0 atom stereocenters. The van der Waals surface area contributed by atoms with E-state index >= 15 is 0 Å². The van der Waals surface area contributed by atoms with Crippen molar-refractivity contribution in [2.45, 2.75) is 0 Å². The zero-order valence-electron chi connectivity index (χ0n) is 8.73. The van der Waals surface area contributed by atoms with Gasteiger partial charge in [-0.25, -0.2) is 9.59 Å². The van der Waals surface area contributed by atoms with Gasteiger partial charge < -0.3 is 14.9 Å². The van der Waals surface area contributed by atoms with Gasteiger partial charge in [0.05, 0.1) is 0 Å². The number of carboxylic acid groups (broad SMARTS) is 1. The van der Waals surface area contributed by atoms with E-state index in [1.807, 2.05) is 0 Å². The zero-order chi connectivity index (χ0) is 13.1. The number of benzene rings is 1. The maximum Gasteiger partial charge on any atom is 0.366 e. The Morgan fingerprint density at radius 2 is 2.00 bits per heavy atom. The predicted molar refractivity (Wildman–Crippen MR) is 59.9 cm³/mol. The zero-order valence-corrected chi connectivity index (χ0v) is 9.55. The minimum atomic E-state index is -1.31. The Morgan fingerprint density at radius 1 is 1.28 bits per heavy atom. The molecular formula is C10H6N2O5S. The highest BCUT2D eigenvalue weighted by atomic mass is 32.1. The van der Waals surface area contributed by atoms with E-state index in [2.05, 4.69) is 9.59 Å². The molecule has 1 heterocycles. The fraction of sp³-hybridized carbons (Fsp3) is 0. The number of para-hydroxylation sites is 2. The van der Waals surface area contributed by atoms with Gasteiger partial charge in [-0.05, 0) is 23.7 Å². The lowest BCUT2D eigenvalue weighted by atomic mass is 10.3. The second-order valence-electron chi connectivity index (χ2n) is 3.11. The largest absolute Gasteiger partial charge is 0.504 e. The summed E-state index contributed by atoms with van der Waals surface area (Å²) in [4.78, 5) is 22.1. The maximum absolute atomic E-state index is 11.7. The molecule has 0 spiro atoms. The van der Waals surface area contributed by atoms with Gasteiger partial charge in [-0.2, -0.15) is 0 Å². The van der Waals surface area contributed by atoms with Crippen LogP contribution in [0.2, 0.25) is 0 Å². The van der Waals surface area contributed by atoms with Gasteiger partial charge in [0.15, 0.2) is 22.1 Å². The molecule has 0 bridgehead atoms. The Kier molecular flexibility index (Phi) is 3.20. The second kappa shape index (κ2) is 4.80. The summed E-state index contributed by atoms with van der Waals surface area (Å²) in [5, 5.41) is 21.6. The van der Waals surface area contributed by atoms with Crippen LogP contribution in [0.4, 0.5) is 0 Å². The number of esters is 1. The first-order valence-corrected chi connectivity index (χ1v) is 5.42. The van der Waals surface area contributed by atoms with E-state index in [-0.39, 0.29) is 16.4 Å². The molecule has 2 aromatic rings. The van der Waals surface area contributed by atoms with E-state index in [1.54, 1.807) is 12.1 Å². The molecule has 0 aliphatic heterocycles. The number of phenolic OH excluding ortho intramolecular Hbond substituents is 1. The number of rotatable bonds is 3. The summed E-state index contributed by atoms with van der Waals surface area (Å²) >= 11 is 0.577. The highest BCUT2D eigenvalue weighted by Crippen LogP contribution is 2.25. The van der Waals surface area contributed by atoms with Crippen molar-refractivity contribution < 1.29 is 24.5 Å². The first-order valence-electron chi connectivity index (χ1n) is 4.65. The number of phenols is 1. The molecule has 0 aliphatic rings. The maximum atomic E-state index is 11.7. The van der Waals surface area contributed by atoms with Gasteiger partial charge in [0, 0.05) is 0 Å². The molecule has 0 radical (unpaired) electrons. The smallest absolute Gasteiger partial charge is 0.366 e. The first-order chi connectivity index (χ1) is 8.59. The van der Waals surface area contributed by atoms with Crippen molar-refractivity contribution in [1.29, 1.82) is 0 Å². The number of carboxylic acids is 1. The van der Waals surface area contributed by atoms with Crippen molar-refractivity contribution in [3.05, 3.63) is 34.8 Å². The standard InChI is InChI=1S/C10H6N2O5S/c13-5-3-1-2-4-6(5)17-10(16)7-8(9(14)15)18-12-11-7/h1-4,13H,(H,14,15). The van der Waals surface area contributed by atoms with Crippen LogP contribution in [0.3, 0.4) is 0 Å². The molecule has 1 aromatic heterocycles. The summed E-state index contributed by atoms with van der Waals surface area (Å²) in [6, 6.07) is 5.81. The van der Waals surface area contributed by atoms with Crippen molar-refractivity contribution in [1.82, 2.24) is 9.59 Å². The lowest BCUT2D eigenvalue weighted by Gasteiger charge is -2.03. The molecule has 0 saturated heterocycles. The van der Waals surface area contributed by atoms with Gasteiger partial charge >= 0.3 is 11.9 Å². The number of ether oxygens (including phenoxy) is 1. The van der Waals surface area contributed by atoms with E-state index in [0.717, 1.165) is 0 Å². The minimum absolute atomic E-state index is 0.0770. The van der Waals surface area contributed by atoms with E-state index in [1.165, 1.54) is 12.1 Å². The quantitative estimate of drug-likeness (QED) is 0.633. The van der Waals surface area contributed by atoms with Crippen LogP contribution in [0.15, 0.2) is 24.3 Å². The number of aromatic nitrogens is 2. The third-order valence-corrected chi connectivity index (χ3v) is 2.66. The number of hydrogen-bond acceptors (Lipinski definition) is 7. The molecule has 0 fully saturated rings. The molecule has 2 rings (SSSR count). The Balaban J connectivity index is 2.25. The van der Waals surface area contributed by atoms with Crippen LogP contribution in [-0.4, -0.2) is 31.7 Å². The van der Waals surface area contributed by atoms with Gasteiger partial charge in [0.1, 0.15) is 0 Å². The minimum Gasteiger partial charge on any atom is -0.504 e. The van der Waals surface area contributed by atoms with Crippen molar-refractivity contribution in [3.8, 4) is 11.5 Å².